The van der Waals surface area contributed by atoms with Gasteiger partial charge in [-0.1, -0.05) is 30.3 Å². The lowest BCUT2D eigenvalue weighted by Gasteiger charge is -2.36. The number of sulfonamides is 1. The lowest BCUT2D eigenvalue weighted by atomic mass is 10.2. The number of benzene rings is 3. The summed E-state index contributed by atoms with van der Waals surface area (Å²) in [6.07, 6.45) is 0. The van der Waals surface area contributed by atoms with E-state index >= 15 is 0 Å². The highest BCUT2D eigenvalue weighted by Crippen LogP contribution is 2.40. The number of para-hydroxylation sites is 3. The minimum absolute atomic E-state index is 0.0507. The first kappa shape index (κ1) is 19.8. The number of ether oxygens (including phenoxy) is 1. The van der Waals surface area contributed by atoms with Gasteiger partial charge in [0.15, 0.2) is 11.6 Å². The number of urea groups is 1. The smallest absolute Gasteiger partial charge is 0.343 e. The molecule has 4 rings (SSSR count). The summed E-state index contributed by atoms with van der Waals surface area (Å²) >= 11 is 0. The molecule has 0 unspecified atom stereocenters. The van der Waals surface area contributed by atoms with E-state index in [0.29, 0.717) is 9.87 Å². The monoisotopic (exact) mass is 430 g/mol. The molecule has 1 aliphatic heterocycles. The summed E-state index contributed by atoms with van der Waals surface area (Å²) in [4.78, 5) is 14.5. The van der Waals surface area contributed by atoms with Crippen LogP contribution in [0.15, 0.2) is 71.6 Å². The van der Waals surface area contributed by atoms with Crippen LogP contribution in [-0.4, -0.2) is 21.6 Å². The number of hydrogen-bond acceptors (Lipinski definition) is 4. The van der Waals surface area contributed by atoms with Gasteiger partial charge in [0.1, 0.15) is 16.3 Å². The van der Waals surface area contributed by atoms with Crippen LogP contribution >= 0.6 is 0 Å². The Morgan fingerprint density at radius 2 is 1.57 bits per heavy atom. The number of halogens is 2. The molecule has 0 fully saturated rings. The maximum atomic E-state index is 13.7. The van der Waals surface area contributed by atoms with Crippen LogP contribution in [-0.2, 0) is 16.6 Å². The molecule has 0 atom stereocenters. The van der Waals surface area contributed by atoms with Gasteiger partial charge in [0.2, 0.25) is 0 Å². The average Bonchev–Trinajstić information content (AvgIpc) is 2.74. The molecule has 3 aromatic rings. The molecule has 1 heterocycles. The molecule has 9 heteroatoms. The van der Waals surface area contributed by atoms with Crippen LogP contribution in [0.1, 0.15) is 5.56 Å². The zero-order valence-corrected chi connectivity index (χ0v) is 16.6. The lowest BCUT2D eigenvalue weighted by Crippen LogP contribution is -2.50. The Kier molecular flexibility index (Phi) is 4.90. The zero-order chi connectivity index (χ0) is 21.5. The number of amides is 2. The van der Waals surface area contributed by atoms with Crippen molar-refractivity contribution in [3.8, 4) is 5.75 Å². The normalized spacial score (nSPS) is 15.1. The summed E-state index contributed by atoms with van der Waals surface area (Å²) in [7, 11) is -2.86. The van der Waals surface area contributed by atoms with Crippen molar-refractivity contribution >= 4 is 27.4 Å². The first-order chi connectivity index (χ1) is 14.3. The summed E-state index contributed by atoms with van der Waals surface area (Å²) in [5.41, 5.74) is 0.504. The molecule has 1 aliphatic rings. The molecular formula is C21H16F2N2O4S. The van der Waals surface area contributed by atoms with Gasteiger partial charge in [-0.05, 0) is 42.0 Å². The van der Waals surface area contributed by atoms with Crippen LogP contribution < -0.4 is 13.9 Å². The van der Waals surface area contributed by atoms with Gasteiger partial charge in [-0.15, -0.1) is 0 Å². The lowest BCUT2D eigenvalue weighted by molar-refractivity contribution is 0.253. The molecule has 0 spiro atoms. The highest BCUT2D eigenvalue weighted by molar-refractivity contribution is 7.94. The van der Waals surface area contributed by atoms with Gasteiger partial charge in [0.05, 0.1) is 19.3 Å². The molecule has 3 aromatic carbocycles. The van der Waals surface area contributed by atoms with Gasteiger partial charge in [-0.25, -0.2) is 22.0 Å². The molecule has 2 amide bonds. The Morgan fingerprint density at radius 1 is 0.900 bits per heavy atom. The predicted octanol–water partition coefficient (Wildman–Crippen LogP) is 4.31. The number of rotatable bonds is 4. The van der Waals surface area contributed by atoms with Crippen molar-refractivity contribution in [3.63, 3.8) is 0 Å². The van der Waals surface area contributed by atoms with E-state index in [4.69, 9.17) is 4.74 Å². The van der Waals surface area contributed by atoms with Crippen molar-refractivity contribution in [2.24, 2.45) is 0 Å². The number of carbonyl (C=O) groups is 1. The molecule has 154 valence electrons. The molecule has 0 radical (unpaired) electrons. The van der Waals surface area contributed by atoms with E-state index < -0.39 is 27.7 Å². The molecular weight excluding hydrogens is 414 g/mol. The summed E-state index contributed by atoms with van der Waals surface area (Å²) < 4.78 is 59.5. The number of carbonyl (C=O) groups excluding carboxylic acids is 1. The van der Waals surface area contributed by atoms with E-state index in [1.807, 2.05) is 0 Å². The molecule has 6 nitrogen and oxygen atoms in total. The Morgan fingerprint density at radius 3 is 2.27 bits per heavy atom. The van der Waals surface area contributed by atoms with Gasteiger partial charge in [-0.2, -0.15) is 4.31 Å². The standard InChI is InChI=1S/C21H16F2N2O4S/c1-29-19-8-4-2-6-17(19)25-21(26)24(13-14-10-11-15(22)16(23)12-14)18-7-3-5-9-20(18)30(25,27)28/h2-12H,13H2,1H3. The number of methoxy groups -OCH3 is 1. The number of fused-ring (bicyclic) bond motifs is 1. The van der Waals surface area contributed by atoms with E-state index in [-0.39, 0.29) is 28.6 Å². The van der Waals surface area contributed by atoms with Gasteiger partial charge >= 0.3 is 6.03 Å². The van der Waals surface area contributed by atoms with Crippen molar-refractivity contribution < 1.29 is 26.7 Å². The Hall–Kier alpha value is -3.46. The third kappa shape index (κ3) is 3.17. The number of nitrogens with zero attached hydrogens (tertiary/aromatic N) is 2. The summed E-state index contributed by atoms with van der Waals surface area (Å²) in [5, 5.41) is 0. The molecule has 0 saturated heterocycles. The molecule has 0 saturated carbocycles. The van der Waals surface area contributed by atoms with Gasteiger partial charge in [0, 0.05) is 0 Å². The third-order valence-electron chi connectivity index (χ3n) is 4.71. The zero-order valence-electron chi connectivity index (χ0n) is 15.7. The molecule has 0 N–H and O–H groups in total. The fourth-order valence-electron chi connectivity index (χ4n) is 3.32. The maximum Gasteiger partial charge on any atom is 0.343 e. The SMILES string of the molecule is COc1ccccc1N1C(=O)N(Cc2ccc(F)c(F)c2)c2ccccc2S1(=O)=O. The van der Waals surface area contributed by atoms with Crippen molar-refractivity contribution in [3.05, 3.63) is 83.9 Å². The second-order valence-electron chi connectivity index (χ2n) is 6.53. The van der Waals surface area contributed by atoms with Crippen LogP contribution in [0.4, 0.5) is 25.0 Å². The van der Waals surface area contributed by atoms with Crippen LogP contribution in [0.5, 0.6) is 5.75 Å². The van der Waals surface area contributed by atoms with E-state index in [2.05, 4.69) is 0 Å². The van der Waals surface area contributed by atoms with Crippen molar-refractivity contribution in [1.82, 2.24) is 0 Å². The minimum atomic E-state index is -4.23. The largest absolute Gasteiger partial charge is 0.495 e. The third-order valence-corrected chi connectivity index (χ3v) is 6.44. The average molecular weight is 430 g/mol. The molecule has 0 aromatic heterocycles. The first-order valence-electron chi connectivity index (χ1n) is 8.87. The molecule has 0 bridgehead atoms. The Bertz CT molecular complexity index is 1250. The van der Waals surface area contributed by atoms with E-state index in [1.54, 1.807) is 30.3 Å². The van der Waals surface area contributed by atoms with E-state index in [0.717, 1.165) is 12.1 Å². The second kappa shape index (κ2) is 7.42. The fraction of sp³-hybridized carbons (Fsp3) is 0.0952. The predicted molar refractivity (Wildman–Crippen MR) is 107 cm³/mol. The van der Waals surface area contributed by atoms with Crippen LogP contribution in [0.3, 0.4) is 0 Å². The van der Waals surface area contributed by atoms with Crippen molar-refractivity contribution in [2.75, 3.05) is 16.3 Å². The van der Waals surface area contributed by atoms with E-state index in [1.165, 1.54) is 36.3 Å². The van der Waals surface area contributed by atoms with Gasteiger partial charge in [-0.3, -0.25) is 4.90 Å². The maximum absolute atomic E-state index is 13.7. The second-order valence-corrected chi connectivity index (χ2v) is 8.28. The van der Waals surface area contributed by atoms with Gasteiger partial charge in [0.25, 0.3) is 10.0 Å². The molecule has 30 heavy (non-hydrogen) atoms. The topological polar surface area (TPSA) is 66.9 Å². The summed E-state index contributed by atoms with van der Waals surface area (Å²) in [6.45, 7) is -0.159. The Labute approximate surface area is 172 Å². The Balaban J connectivity index is 1.88. The quantitative estimate of drug-likeness (QED) is 0.619. The highest BCUT2D eigenvalue weighted by Gasteiger charge is 2.43. The molecule has 0 aliphatic carbocycles. The number of anilines is 2. The first-order valence-corrected chi connectivity index (χ1v) is 10.3. The summed E-state index contributed by atoms with van der Waals surface area (Å²) in [6, 6.07) is 14.7. The van der Waals surface area contributed by atoms with E-state index in [9.17, 15) is 22.0 Å². The van der Waals surface area contributed by atoms with Crippen molar-refractivity contribution in [1.29, 1.82) is 0 Å². The van der Waals surface area contributed by atoms with Crippen molar-refractivity contribution in [2.45, 2.75) is 11.4 Å². The van der Waals surface area contributed by atoms with Crippen LogP contribution in [0, 0.1) is 11.6 Å². The fourth-order valence-corrected chi connectivity index (χ4v) is 4.92. The van der Waals surface area contributed by atoms with Crippen LogP contribution in [0.25, 0.3) is 0 Å². The van der Waals surface area contributed by atoms with Crippen LogP contribution in [0.2, 0.25) is 0 Å². The summed E-state index contributed by atoms with van der Waals surface area (Å²) in [5.74, 6) is -1.87. The highest BCUT2D eigenvalue weighted by atomic mass is 32.2. The van der Waals surface area contributed by atoms with Gasteiger partial charge < -0.3 is 4.74 Å². The minimum Gasteiger partial charge on any atom is -0.495 e. The number of hydrogen-bond donors (Lipinski definition) is 0.